The molecule has 0 aromatic heterocycles. The lowest BCUT2D eigenvalue weighted by molar-refractivity contribution is -0.105. The maximum atomic E-state index is 6.46. The number of rotatable bonds is 3. The van der Waals surface area contributed by atoms with Gasteiger partial charge in [-0.2, -0.15) is 0 Å². The maximum Gasteiger partial charge on any atom is 0.251 e. The minimum absolute atomic E-state index is 0.397. The van der Waals surface area contributed by atoms with Gasteiger partial charge in [-0.1, -0.05) is 42.8 Å². The lowest BCUT2D eigenvalue weighted by Gasteiger charge is -2.36. The molecule has 2 aromatic rings. The highest BCUT2D eigenvalue weighted by atomic mass is 16.7. The van der Waals surface area contributed by atoms with E-state index in [1.165, 1.54) is 30.5 Å². The van der Waals surface area contributed by atoms with Gasteiger partial charge in [0.1, 0.15) is 0 Å². The summed E-state index contributed by atoms with van der Waals surface area (Å²) in [6, 6.07) is 17.1. The van der Waals surface area contributed by atoms with Gasteiger partial charge in [-0.3, -0.25) is 4.90 Å². The molecule has 2 aromatic carbocycles. The van der Waals surface area contributed by atoms with E-state index in [0.29, 0.717) is 0 Å². The van der Waals surface area contributed by atoms with Crippen LogP contribution in [0.1, 0.15) is 37.7 Å². The number of ether oxygens (including phenoxy) is 2. The molecule has 4 nitrogen and oxygen atoms in total. The van der Waals surface area contributed by atoms with Gasteiger partial charge < -0.3 is 14.4 Å². The molecule has 27 heavy (non-hydrogen) atoms. The topological polar surface area (TPSA) is 24.9 Å². The molecule has 3 aliphatic rings. The van der Waals surface area contributed by atoms with Gasteiger partial charge in [-0.05, 0) is 30.5 Å². The third-order valence-electron chi connectivity index (χ3n) is 6.12. The first-order valence-corrected chi connectivity index (χ1v) is 10.3. The van der Waals surface area contributed by atoms with E-state index in [-0.39, 0.29) is 0 Å². The highest BCUT2D eigenvalue weighted by Gasteiger charge is 2.44. The van der Waals surface area contributed by atoms with Crippen LogP contribution in [0.3, 0.4) is 0 Å². The number of para-hydroxylation sites is 1. The van der Waals surface area contributed by atoms with Crippen LogP contribution in [-0.2, 0) is 6.54 Å². The lowest BCUT2D eigenvalue weighted by atomic mass is 9.94. The number of piperazine rings is 1. The maximum absolute atomic E-state index is 6.46. The van der Waals surface area contributed by atoms with Crippen LogP contribution in [0.5, 0.6) is 11.5 Å². The Morgan fingerprint density at radius 3 is 2.33 bits per heavy atom. The molecule has 0 unspecified atom stereocenters. The van der Waals surface area contributed by atoms with Gasteiger partial charge in [-0.15, -0.1) is 0 Å². The zero-order chi connectivity index (χ0) is 18.1. The quantitative estimate of drug-likeness (QED) is 0.804. The normalized spacial score (nSPS) is 21.6. The van der Waals surface area contributed by atoms with E-state index in [1.807, 2.05) is 0 Å². The van der Waals surface area contributed by atoms with Crippen LogP contribution in [0.25, 0.3) is 0 Å². The van der Waals surface area contributed by atoms with E-state index in [0.717, 1.165) is 57.1 Å². The highest BCUT2D eigenvalue weighted by Crippen LogP contribution is 2.50. The van der Waals surface area contributed by atoms with Crippen molar-refractivity contribution in [3.63, 3.8) is 0 Å². The van der Waals surface area contributed by atoms with Crippen molar-refractivity contribution in [3.05, 3.63) is 54.1 Å². The van der Waals surface area contributed by atoms with Crippen LogP contribution in [0.4, 0.5) is 5.69 Å². The lowest BCUT2D eigenvalue weighted by Crippen LogP contribution is -2.46. The van der Waals surface area contributed by atoms with E-state index in [4.69, 9.17) is 9.47 Å². The first-order valence-electron chi connectivity index (χ1n) is 10.3. The van der Waals surface area contributed by atoms with Crippen LogP contribution in [0.2, 0.25) is 0 Å². The Morgan fingerprint density at radius 2 is 1.56 bits per heavy atom. The zero-order valence-electron chi connectivity index (χ0n) is 15.9. The highest BCUT2D eigenvalue weighted by molar-refractivity contribution is 5.66. The van der Waals surface area contributed by atoms with E-state index in [9.17, 15) is 0 Å². The smallest absolute Gasteiger partial charge is 0.251 e. The van der Waals surface area contributed by atoms with Crippen LogP contribution in [0, 0.1) is 0 Å². The van der Waals surface area contributed by atoms with Crippen LogP contribution >= 0.6 is 0 Å². The van der Waals surface area contributed by atoms with Crippen molar-refractivity contribution in [2.24, 2.45) is 0 Å². The van der Waals surface area contributed by atoms with E-state index in [1.54, 1.807) is 0 Å². The summed E-state index contributed by atoms with van der Waals surface area (Å²) in [6.45, 7) is 5.23. The summed E-state index contributed by atoms with van der Waals surface area (Å²) in [5, 5.41) is 0. The molecule has 1 aliphatic carbocycles. The second-order valence-corrected chi connectivity index (χ2v) is 8.03. The predicted molar refractivity (Wildman–Crippen MR) is 107 cm³/mol. The van der Waals surface area contributed by atoms with Crippen LogP contribution in [-0.4, -0.2) is 36.9 Å². The van der Waals surface area contributed by atoms with Crippen molar-refractivity contribution in [1.29, 1.82) is 0 Å². The summed E-state index contributed by atoms with van der Waals surface area (Å²) in [4.78, 5) is 5.00. The Kier molecular flexibility index (Phi) is 4.44. The Bertz CT molecular complexity index is 778. The van der Waals surface area contributed by atoms with Gasteiger partial charge in [0.05, 0.1) is 5.69 Å². The summed E-state index contributed by atoms with van der Waals surface area (Å²) in [5.41, 5.74) is 2.59. The second-order valence-electron chi connectivity index (χ2n) is 8.03. The fourth-order valence-electron chi connectivity index (χ4n) is 4.63. The van der Waals surface area contributed by atoms with Gasteiger partial charge in [0, 0.05) is 45.6 Å². The second kappa shape index (κ2) is 7.08. The van der Waals surface area contributed by atoms with Crippen LogP contribution < -0.4 is 14.4 Å². The van der Waals surface area contributed by atoms with Crippen molar-refractivity contribution in [3.8, 4) is 11.5 Å². The van der Waals surface area contributed by atoms with Gasteiger partial charge in [-0.25, -0.2) is 0 Å². The van der Waals surface area contributed by atoms with Gasteiger partial charge in [0.25, 0.3) is 5.79 Å². The molecule has 142 valence electrons. The minimum Gasteiger partial charge on any atom is -0.448 e. The molecule has 0 radical (unpaired) electrons. The van der Waals surface area contributed by atoms with E-state index >= 15 is 0 Å². The number of hydrogen-bond donors (Lipinski definition) is 0. The molecule has 4 heteroatoms. The fourth-order valence-corrected chi connectivity index (χ4v) is 4.63. The molecule has 1 saturated carbocycles. The van der Waals surface area contributed by atoms with Gasteiger partial charge >= 0.3 is 0 Å². The Morgan fingerprint density at radius 1 is 0.778 bits per heavy atom. The summed E-state index contributed by atoms with van der Waals surface area (Å²) < 4.78 is 12.8. The average Bonchev–Trinajstić information content (AvgIpc) is 3.07. The molecule has 0 N–H and O–H groups in total. The standard InChI is InChI=1S/C23H28N2O2/c1-3-8-19(9-4-1)18-24-14-16-25(17-15-24)20-10-7-11-21-22(20)27-23(26-21)12-5-2-6-13-23/h1,3-4,7-11H,2,5-6,12-18H2. The summed E-state index contributed by atoms with van der Waals surface area (Å²) in [5.74, 6) is 1.50. The Labute approximate surface area is 161 Å². The number of benzene rings is 2. The van der Waals surface area contributed by atoms with E-state index < -0.39 is 5.79 Å². The molecule has 2 aliphatic heterocycles. The van der Waals surface area contributed by atoms with Crippen LogP contribution in [0.15, 0.2) is 48.5 Å². The zero-order valence-corrected chi connectivity index (χ0v) is 15.9. The molecule has 0 amide bonds. The number of fused-ring (bicyclic) bond motifs is 1. The summed E-state index contributed by atoms with van der Waals surface area (Å²) in [7, 11) is 0. The molecular formula is C23H28N2O2. The first kappa shape index (κ1) is 16.9. The van der Waals surface area contributed by atoms with Crippen molar-refractivity contribution >= 4 is 5.69 Å². The molecule has 1 saturated heterocycles. The average molecular weight is 364 g/mol. The molecule has 0 bridgehead atoms. The van der Waals surface area contributed by atoms with Gasteiger partial charge in [0.15, 0.2) is 11.5 Å². The molecule has 2 heterocycles. The summed E-state index contributed by atoms with van der Waals surface area (Å²) >= 11 is 0. The SMILES string of the molecule is c1ccc(CN2CCN(c3cccc4c3OC3(CCCCC3)O4)CC2)cc1. The number of hydrogen-bond acceptors (Lipinski definition) is 4. The van der Waals surface area contributed by atoms with Crippen molar-refractivity contribution in [2.45, 2.75) is 44.4 Å². The predicted octanol–water partition coefficient (Wildman–Crippen LogP) is 4.44. The Balaban J connectivity index is 1.27. The fraction of sp³-hybridized carbons (Fsp3) is 0.478. The third kappa shape index (κ3) is 3.39. The van der Waals surface area contributed by atoms with Crippen molar-refractivity contribution < 1.29 is 9.47 Å². The summed E-state index contributed by atoms with van der Waals surface area (Å²) in [6.07, 6.45) is 5.70. The first-order chi connectivity index (χ1) is 13.3. The van der Waals surface area contributed by atoms with E-state index in [2.05, 4.69) is 58.3 Å². The largest absolute Gasteiger partial charge is 0.448 e. The van der Waals surface area contributed by atoms with Gasteiger partial charge in [0.2, 0.25) is 0 Å². The molecular weight excluding hydrogens is 336 g/mol. The number of anilines is 1. The molecule has 2 fully saturated rings. The Hall–Kier alpha value is -2.20. The monoisotopic (exact) mass is 364 g/mol. The molecule has 5 rings (SSSR count). The van der Waals surface area contributed by atoms with Crippen molar-refractivity contribution in [2.75, 3.05) is 31.1 Å². The van der Waals surface area contributed by atoms with Crippen molar-refractivity contribution in [1.82, 2.24) is 4.90 Å². The number of nitrogens with zero attached hydrogens (tertiary/aromatic N) is 2. The minimum atomic E-state index is -0.397. The molecule has 1 spiro atoms. The molecule has 0 atom stereocenters. The third-order valence-corrected chi connectivity index (χ3v) is 6.12.